The van der Waals surface area contributed by atoms with Crippen molar-refractivity contribution in [2.24, 2.45) is 0 Å². The number of carbonyl (C=O) groups excluding carboxylic acids is 1. The molecule has 70 valence electrons. The van der Waals surface area contributed by atoms with E-state index < -0.39 is 0 Å². The lowest BCUT2D eigenvalue weighted by molar-refractivity contribution is 0.0988. The number of alkyl halides is 1. The van der Waals surface area contributed by atoms with E-state index in [0.29, 0.717) is 9.13 Å². The lowest BCUT2D eigenvalue weighted by atomic mass is 10.1. The lowest BCUT2D eigenvalue weighted by Gasteiger charge is -1.99. The number of ketones is 1. The molecule has 0 fully saturated rings. The lowest BCUT2D eigenvalue weighted by Crippen LogP contribution is -2.00. The smallest absolute Gasteiger partial charge is 0.164 e. The Bertz CT molecular complexity index is 327. The zero-order valence-electron chi connectivity index (χ0n) is 6.69. The van der Waals surface area contributed by atoms with Crippen molar-refractivity contribution in [3.8, 4) is 0 Å². The second-order valence-corrected chi connectivity index (χ2v) is 4.03. The average Bonchev–Trinajstić information content (AvgIpc) is 2.10. The molecule has 0 heterocycles. The van der Waals surface area contributed by atoms with Crippen molar-refractivity contribution in [3.05, 3.63) is 33.1 Å². The number of rotatable bonds is 3. The van der Waals surface area contributed by atoms with Crippen LogP contribution in [0.25, 0.3) is 0 Å². The van der Waals surface area contributed by atoms with Crippen molar-refractivity contribution < 1.29 is 9.18 Å². The molecular weight excluding hydrogens is 305 g/mol. The van der Waals surface area contributed by atoms with Crippen LogP contribution < -0.4 is 0 Å². The van der Waals surface area contributed by atoms with Gasteiger partial charge in [0.2, 0.25) is 0 Å². The maximum Gasteiger partial charge on any atom is 0.164 e. The predicted octanol–water partition coefficient (Wildman–Crippen LogP) is 3.24. The van der Waals surface area contributed by atoms with Crippen LogP contribution in [0.1, 0.15) is 16.8 Å². The summed E-state index contributed by atoms with van der Waals surface area (Å²) in [5, 5.41) is 0. The van der Waals surface area contributed by atoms with Crippen LogP contribution in [0.4, 0.5) is 4.39 Å². The Morgan fingerprint density at radius 3 is 2.77 bits per heavy atom. The van der Waals surface area contributed by atoms with E-state index in [9.17, 15) is 9.18 Å². The van der Waals surface area contributed by atoms with Gasteiger partial charge in [-0.25, -0.2) is 4.39 Å². The Morgan fingerprint density at radius 1 is 1.54 bits per heavy atom. The fourth-order valence-electron chi connectivity index (χ4n) is 0.900. The minimum atomic E-state index is -0.360. The first-order valence-corrected chi connectivity index (χ1v) is 5.30. The topological polar surface area (TPSA) is 17.1 Å². The predicted molar refractivity (Wildman–Crippen MR) is 58.8 cm³/mol. The third-order valence-corrected chi connectivity index (χ3v) is 2.63. The van der Waals surface area contributed by atoms with E-state index in [1.165, 1.54) is 6.07 Å². The SMILES string of the molecule is O=C(CCCl)c1ccc(I)c(F)c1. The Balaban J connectivity index is 2.90. The fraction of sp³-hybridized carbons (Fsp3) is 0.222. The average molecular weight is 313 g/mol. The Morgan fingerprint density at radius 2 is 2.23 bits per heavy atom. The van der Waals surface area contributed by atoms with Crippen LogP contribution >= 0.6 is 34.2 Å². The van der Waals surface area contributed by atoms with Crippen molar-refractivity contribution >= 4 is 40.0 Å². The van der Waals surface area contributed by atoms with Crippen LogP contribution in [0.5, 0.6) is 0 Å². The minimum Gasteiger partial charge on any atom is -0.294 e. The summed E-state index contributed by atoms with van der Waals surface area (Å²) in [6.45, 7) is 0. The van der Waals surface area contributed by atoms with Crippen LogP contribution in [0.2, 0.25) is 0 Å². The molecule has 0 aliphatic carbocycles. The van der Waals surface area contributed by atoms with Gasteiger partial charge in [0.05, 0.1) is 0 Å². The third kappa shape index (κ3) is 2.91. The van der Waals surface area contributed by atoms with Gasteiger partial charge < -0.3 is 0 Å². The fourth-order valence-corrected chi connectivity index (χ4v) is 1.41. The highest BCUT2D eigenvalue weighted by molar-refractivity contribution is 14.1. The number of hydrogen-bond donors (Lipinski definition) is 0. The number of carbonyl (C=O) groups is 1. The van der Waals surface area contributed by atoms with Gasteiger partial charge in [0.25, 0.3) is 0 Å². The van der Waals surface area contributed by atoms with E-state index >= 15 is 0 Å². The summed E-state index contributed by atoms with van der Waals surface area (Å²) in [7, 11) is 0. The normalized spacial score (nSPS) is 10.1. The Labute approximate surface area is 94.4 Å². The minimum absolute atomic E-state index is 0.120. The molecular formula is C9H7ClFIO. The van der Waals surface area contributed by atoms with Gasteiger partial charge in [-0.1, -0.05) is 6.07 Å². The maximum atomic E-state index is 13.0. The van der Waals surface area contributed by atoms with Crippen LogP contribution in [0.3, 0.4) is 0 Å². The second kappa shape index (κ2) is 4.91. The van der Waals surface area contributed by atoms with Crippen LogP contribution in [-0.4, -0.2) is 11.7 Å². The van der Waals surface area contributed by atoms with Crippen molar-refractivity contribution in [1.82, 2.24) is 0 Å². The van der Waals surface area contributed by atoms with Gasteiger partial charge in [0.1, 0.15) is 5.82 Å². The zero-order valence-corrected chi connectivity index (χ0v) is 9.60. The molecule has 0 saturated carbocycles. The van der Waals surface area contributed by atoms with Gasteiger partial charge in [-0.05, 0) is 34.7 Å². The van der Waals surface area contributed by atoms with Crippen molar-refractivity contribution in [2.75, 3.05) is 5.88 Å². The summed E-state index contributed by atoms with van der Waals surface area (Å²) in [4.78, 5) is 11.3. The number of benzene rings is 1. The molecule has 1 aromatic rings. The highest BCUT2D eigenvalue weighted by Crippen LogP contribution is 2.13. The molecule has 13 heavy (non-hydrogen) atoms. The molecule has 0 bridgehead atoms. The van der Waals surface area contributed by atoms with E-state index in [0.717, 1.165) is 0 Å². The molecule has 0 amide bonds. The van der Waals surface area contributed by atoms with Gasteiger partial charge in [-0.15, -0.1) is 11.6 Å². The van der Waals surface area contributed by atoms with Crippen LogP contribution in [0, 0.1) is 9.39 Å². The molecule has 1 rings (SSSR count). The Hall–Kier alpha value is -0.160. The molecule has 0 saturated heterocycles. The van der Waals surface area contributed by atoms with Gasteiger partial charge in [-0.2, -0.15) is 0 Å². The molecule has 0 radical (unpaired) electrons. The van der Waals surface area contributed by atoms with E-state index in [1.807, 2.05) is 22.6 Å². The molecule has 0 unspecified atom stereocenters. The molecule has 0 aromatic heterocycles. The van der Waals surface area contributed by atoms with Gasteiger partial charge in [0, 0.05) is 21.4 Å². The third-order valence-electron chi connectivity index (χ3n) is 1.56. The summed E-state index contributed by atoms with van der Waals surface area (Å²) in [5.41, 5.74) is 0.388. The molecule has 0 atom stereocenters. The van der Waals surface area contributed by atoms with Crippen molar-refractivity contribution in [3.63, 3.8) is 0 Å². The highest BCUT2D eigenvalue weighted by atomic mass is 127. The first kappa shape index (κ1) is 10.9. The van der Waals surface area contributed by atoms with E-state index in [4.69, 9.17) is 11.6 Å². The summed E-state index contributed by atoms with van der Waals surface area (Å²) in [5.74, 6) is -0.210. The summed E-state index contributed by atoms with van der Waals surface area (Å²) in [6, 6.07) is 4.44. The van der Waals surface area contributed by atoms with Crippen molar-refractivity contribution in [1.29, 1.82) is 0 Å². The first-order valence-electron chi connectivity index (χ1n) is 3.69. The largest absolute Gasteiger partial charge is 0.294 e. The quantitative estimate of drug-likeness (QED) is 0.476. The summed E-state index contributed by atoms with van der Waals surface area (Å²) in [6.07, 6.45) is 0.252. The number of halogens is 3. The Kier molecular flexibility index (Phi) is 4.12. The summed E-state index contributed by atoms with van der Waals surface area (Å²) < 4.78 is 13.5. The highest BCUT2D eigenvalue weighted by Gasteiger charge is 2.07. The van der Waals surface area contributed by atoms with Gasteiger partial charge in [0.15, 0.2) is 5.78 Å². The molecule has 0 aliphatic heterocycles. The van der Waals surface area contributed by atoms with E-state index in [2.05, 4.69) is 0 Å². The standard InChI is InChI=1S/C9H7ClFIO/c10-4-3-9(13)6-1-2-8(12)7(11)5-6/h1-2,5H,3-4H2. The first-order chi connectivity index (χ1) is 6.15. The van der Waals surface area contributed by atoms with Crippen LogP contribution in [0.15, 0.2) is 18.2 Å². The van der Waals surface area contributed by atoms with E-state index in [1.54, 1.807) is 12.1 Å². The second-order valence-electron chi connectivity index (χ2n) is 2.49. The van der Waals surface area contributed by atoms with Gasteiger partial charge >= 0.3 is 0 Å². The zero-order chi connectivity index (χ0) is 9.84. The van der Waals surface area contributed by atoms with Crippen LogP contribution in [-0.2, 0) is 0 Å². The molecule has 1 aromatic carbocycles. The molecule has 4 heteroatoms. The molecule has 0 aliphatic rings. The maximum absolute atomic E-state index is 13.0. The molecule has 0 spiro atoms. The summed E-state index contributed by atoms with van der Waals surface area (Å²) >= 11 is 7.27. The van der Waals surface area contributed by atoms with E-state index in [-0.39, 0.29) is 23.9 Å². The van der Waals surface area contributed by atoms with Gasteiger partial charge in [-0.3, -0.25) is 4.79 Å². The number of Topliss-reactive ketones (excluding diaryl/α,β-unsaturated/α-hetero) is 1. The monoisotopic (exact) mass is 312 g/mol. The van der Waals surface area contributed by atoms with Crippen molar-refractivity contribution in [2.45, 2.75) is 6.42 Å². The molecule has 1 nitrogen and oxygen atoms in total. The molecule has 0 N–H and O–H groups in total. The number of hydrogen-bond acceptors (Lipinski definition) is 1.